The van der Waals surface area contributed by atoms with E-state index in [1.54, 1.807) is 0 Å². The molecule has 0 spiro atoms. The molecule has 2 heterocycles. The highest BCUT2D eigenvalue weighted by Crippen LogP contribution is 2.31. The second kappa shape index (κ2) is 8.95. The van der Waals surface area contributed by atoms with E-state index in [1.165, 1.54) is 5.56 Å². The summed E-state index contributed by atoms with van der Waals surface area (Å²) >= 11 is 0. The lowest BCUT2D eigenvalue weighted by molar-refractivity contribution is -0.157. The van der Waals surface area contributed by atoms with E-state index >= 15 is 0 Å². The Morgan fingerprint density at radius 2 is 1.92 bits per heavy atom. The quantitative estimate of drug-likeness (QED) is 0.801. The van der Waals surface area contributed by atoms with Crippen molar-refractivity contribution in [1.82, 2.24) is 4.90 Å². The second-order valence-electron chi connectivity index (χ2n) is 7.07. The van der Waals surface area contributed by atoms with Crippen molar-refractivity contribution >= 4 is 0 Å². The first-order chi connectivity index (χ1) is 11.8. The van der Waals surface area contributed by atoms with E-state index in [-0.39, 0.29) is 6.10 Å². The van der Waals surface area contributed by atoms with Crippen LogP contribution >= 0.6 is 0 Å². The molecule has 3 rings (SSSR count). The van der Waals surface area contributed by atoms with Crippen LogP contribution < -0.4 is 0 Å². The average molecular weight is 333 g/mol. The summed E-state index contributed by atoms with van der Waals surface area (Å²) in [5.41, 5.74) is 1.24. The van der Waals surface area contributed by atoms with Gasteiger partial charge in [0.05, 0.1) is 38.6 Å². The van der Waals surface area contributed by atoms with Crippen molar-refractivity contribution in [1.29, 1.82) is 0 Å². The molecule has 2 fully saturated rings. The fraction of sp³-hybridized carbons (Fsp3) is 0.700. The van der Waals surface area contributed by atoms with Gasteiger partial charge in [0.25, 0.3) is 0 Å². The number of hydrogen-bond acceptors (Lipinski definition) is 4. The molecule has 24 heavy (non-hydrogen) atoms. The molecule has 0 aromatic heterocycles. The molecule has 0 unspecified atom stereocenters. The summed E-state index contributed by atoms with van der Waals surface area (Å²) in [4.78, 5) is 2.50. The Bertz CT molecular complexity index is 475. The maximum Gasteiger partial charge on any atom is 0.0720 e. The van der Waals surface area contributed by atoms with Crippen LogP contribution in [-0.2, 0) is 20.8 Å². The van der Waals surface area contributed by atoms with Gasteiger partial charge in [0.15, 0.2) is 0 Å². The zero-order valence-electron chi connectivity index (χ0n) is 15.0. The van der Waals surface area contributed by atoms with Crippen LogP contribution in [0.2, 0.25) is 0 Å². The molecule has 134 valence electrons. The van der Waals surface area contributed by atoms with Gasteiger partial charge < -0.3 is 14.2 Å². The van der Waals surface area contributed by atoms with Gasteiger partial charge in [0, 0.05) is 31.5 Å². The molecule has 0 aliphatic carbocycles. The summed E-state index contributed by atoms with van der Waals surface area (Å²) in [7, 11) is 0. The molecule has 1 aromatic carbocycles. The van der Waals surface area contributed by atoms with E-state index in [0.717, 1.165) is 45.9 Å². The summed E-state index contributed by atoms with van der Waals surface area (Å²) < 4.78 is 18.0. The monoisotopic (exact) mass is 333 g/mol. The summed E-state index contributed by atoms with van der Waals surface area (Å²) in [6, 6.07) is 10.5. The highest BCUT2D eigenvalue weighted by Gasteiger charge is 2.38. The highest BCUT2D eigenvalue weighted by atomic mass is 16.5. The molecule has 2 aliphatic heterocycles. The molecule has 4 atom stereocenters. The van der Waals surface area contributed by atoms with Crippen molar-refractivity contribution in [3.63, 3.8) is 0 Å². The Morgan fingerprint density at radius 1 is 1.17 bits per heavy atom. The number of hydrogen-bond donors (Lipinski definition) is 0. The van der Waals surface area contributed by atoms with Crippen molar-refractivity contribution in [2.45, 2.75) is 39.1 Å². The lowest BCUT2D eigenvalue weighted by Gasteiger charge is -2.43. The van der Waals surface area contributed by atoms with Crippen molar-refractivity contribution in [3.05, 3.63) is 35.9 Å². The van der Waals surface area contributed by atoms with Gasteiger partial charge >= 0.3 is 0 Å². The van der Waals surface area contributed by atoms with Gasteiger partial charge in [-0.2, -0.15) is 0 Å². The van der Waals surface area contributed by atoms with Gasteiger partial charge in [-0.3, -0.25) is 4.90 Å². The first-order valence-electron chi connectivity index (χ1n) is 9.35. The van der Waals surface area contributed by atoms with E-state index in [2.05, 4.69) is 49.1 Å². The number of ether oxygens (including phenoxy) is 3. The van der Waals surface area contributed by atoms with Crippen LogP contribution in [0.4, 0.5) is 0 Å². The number of morpholine rings is 1. The molecule has 2 aliphatic rings. The van der Waals surface area contributed by atoms with Gasteiger partial charge in [-0.25, -0.2) is 0 Å². The van der Waals surface area contributed by atoms with Crippen molar-refractivity contribution < 1.29 is 14.2 Å². The molecule has 0 N–H and O–H groups in total. The SMILES string of the molecule is CC[C@H]1OC[C@@H](CN2CCOCC2)[C@@H](OCc2ccccc2)[C@H]1C. The summed E-state index contributed by atoms with van der Waals surface area (Å²) in [5, 5.41) is 0. The third-order valence-corrected chi connectivity index (χ3v) is 5.38. The highest BCUT2D eigenvalue weighted by molar-refractivity contribution is 5.13. The van der Waals surface area contributed by atoms with E-state index in [9.17, 15) is 0 Å². The molecule has 2 saturated heterocycles. The normalized spacial score (nSPS) is 31.9. The Balaban J connectivity index is 1.63. The molecule has 4 heteroatoms. The van der Waals surface area contributed by atoms with Gasteiger partial charge in [-0.05, 0) is 12.0 Å². The molecule has 1 aromatic rings. The standard InChI is InChI=1S/C20H31NO3/c1-3-19-16(2)20(24-14-17-7-5-4-6-8-17)18(15-23-19)13-21-9-11-22-12-10-21/h4-8,16,18-20H,3,9-15H2,1-2H3/t16-,18+,19+,20-/m0/s1. The van der Waals surface area contributed by atoms with E-state index in [1.807, 2.05) is 0 Å². The van der Waals surface area contributed by atoms with Crippen LogP contribution in [-0.4, -0.2) is 56.6 Å². The summed E-state index contributed by atoms with van der Waals surface area (Å²) in [6.07, 6.45) is 1.62. The third kappa shape index (κ3) is 4.57. The Kier molecular flexibility index (Phi) is 6.67. The van der Waals surface area contributed by atoms with Crippen LogP contribution in [0.5, 0.6) is 0 Å². The van der Waals surface area contributed by atoms with Crippen LogP contribution in [0, 0.1) is 11.8 Å². The minimum atomic E-state index is 0.256. The topological polar surface area (TPSA) is 30.9 Å². The summed E-state index contributed by atoms with van der Waals surface area (Å²) in [6.45, 7) is 10.8. The zero-order valence-corrected chi connectivity index (χ0v) is 15.0. The van der Waals surface area contributed by atoms with Crippen molar-refractivity contribution in [2.24, 2.45) is 11.8 Å². The predicted molar refractivity (Wildman–Crippen MR) is 95.0 cm³/mol. The molecular formula is C20H31NO3. The van der Waals surface area contributed by atoms with Crippen LogP contribution in [0.3, 0.4) is 0 Å². The maximum absolute atomic E-state index is 6.43. The zero-order chi connectivity index (χ0) is 16.8. The Hall–Kier alpha value is -0.940. The van der Waals surface area contributed by atoms with Crippen LogP contribution in [0.15, 0.2) is 30.3 Å². The fourth-order valence-corrected chi connectivity index (χ4v) is 3.95. The lowest BCUT2D eigenvalue weighted by atomic mass is 9.84. The molecular weight excluding hydrogens is 302 g/mol. The molecule has 0 radical (unpaired) electrons. The molecule has 0 amide bonds. The lowest BCUT2D eigenvalue weighted by Crippen LogP contribution is -2.51. The minimum absolute atomic E-state index is 0.256. The minimum Gasteiger partial charge on any atom is -0.379 e. The van der Waals surface area contributed by atoms with Gasteiger partial charge in [-0.1, -0.05) is 44.2 Å². The smallest absolute Gasteiger partial charge is 0.0720 e. The number of rotatable bonds is 6. The average Bonchev–Trinajstić information content (AvgIpc) is 2.63. The van der Waals surface area contributed by atoms with Crippen LogP contribution in [0.1, 0.15) is 25.8 Å². The fourth-order valence-electron chi connectivity index (χ4n) is 3.95. The maximum atomic E-state index is 6.43. The van der Waals surface area contributed by atoms with Crippen LogP contribution in [0.25, 0.3) is 0 Å². The first kappa shape index (κ1) is 17.9. The van der Waals surface area contributed by atoms with Gasteiger partial charge in [0.2, 0.25) is 0 Å². The van der Waals surface area contributed by atoms with E-state index < -0.39 is 0 Å². The van der Waals surface area contributed by atoms with E-state index in [0.29, 0.717) is 24.5 Å². The van der Waals surface area contributed by atoms with Crippen molar-refractivity contribution in [2.75, 3.05) is 39.5 Å². The Morgan fingerprint density at radius 3 is 2.62 bits per heavy atom. The Labute approximate surface area is 146 Å². The molecule has 0 bridgehead atoms. The van der Waals surface area contributed by atoms with Crippen molar-refractivity contribution in [3.8, 4) is 0 Å². The number of benzene rings is 1. The first-order valence-corrected chi connectivity index (χ1v) is 9.35. The number of nitrogens with zero attached hydrogens (tertiary/aromatic N) is 1. The predicted octanol–water partition coefficient (Wildman–Crippen LogP) is 2.97. The second-order valence-corrected chi connectivity index (χ2v) is 7.07. The third-order valence-electron chi connectivity index (χ3n) is 5.38. The molecule has 4 nitrogen and oxygen atoms in total. The van der Waals surface area contributed by atoms with Gasteiger partial charge in [-0.15, -0.1) is 0 Å². The summed E-state index contributed by atoms with van der Waals surface area (Å²) in [5.74, 6) is 0.864. The molecule has 0 saturated carbocycles. The largest absolute Gasteiger partial charge is 0.379 e. The van der Waals surface area contributed by atoms with E-state index in [4.69, 9.17) is 14.2 Å². The van der Waals surface area contributed by atoms with Gasteiger partial charge in [0.1, 0.15) is 0 Å².